The van der Waals surface area contributed by atoms with Crippen molar-refractivity contribution in [2.45, 2.75) is 18.8 Å². The fraction of sp³-hybridized carbons (Fsp3) is 0.185. The maximum absolute atomic E-state index is 13.7. The number of anilines is 1. The lowest BCUT2D eigenvalue weighted by Gasteiger charge is -2.32. The van der Waals surface area contributed by atoms with Gasteiger partial charge in [0.25, 0.3) is 0 Å². The molecule has 0 saturated carbocycles. The van der Waals surface area contributed by atoms with Gasteiger partial charge in [0.2, 0.25) is 11.8 Å². The average molecular weight is 393 g/mol. The van der Waals surface area contributed by atoms with Gasteiger partial charge >= 0.3 is 0 Å². The van der Waals surface area contributed by atoms with Gasteiger partial charge in [0.05, 0.1) is 17.5 Å². The Morgan fingerprint density at radius 1 is 0.600 bits per heavy atom. The standard InChI is InChI=1S/C27H23NO2/c1-18-10-8-9-15-23(18)28-26(29)24-21(19-11-4-2-5-12-19)16-17-22(25(24)27(28)30)20-13-6-3-7-14-20/h2-17,21-22,24-25H,1H3/t21-,22+,24-,25-/m0/s1. The van der Waals surface area contributed by atoms with Crippen molar-refractivity contribution in [1.29, 1.82) is 0 Å². The number of carbonyl (C=O) groups excluding carboxylic acids is 2. The van der Waals surface area contributed by atoms with Crippen molar-refractivity contribution in [3.8, 4) is 0 Å². The molecular formula is C27H23NO2. The highest BCUT2D eigenvalue weighted by Crippen LogP contribution is 2.50. The zero-order valence-electron chi connectivity index (χ0n) is 16.8. The predicted molar refractivity (Wildman–Crippen MR) is 118 cm³/mol. The lowest BCUT2D eigenvalue weighted by Crippen LogP contribution is -2.32. The highest BCUT2D eigenvalue weighted by Gasteiger charge is 2.55. The molecule has 1 aliphatic carbocycles. The number of carbonyl (C=O) groups is 2. The van der Waals surface area contributed by atoms with Crippen LogP contribution in [0.15, 0.2) is 97.1 Å². The monoisotopic (exact) mass is 393 g/mol. The van der Waals surface area contributed by atoms with Crippen molar-refractivity contribution in [2.75, 3.05) is 4.90 Å². The Bertz CT molecular complexity index is 1050. The summed E-state index contributed by atoms with van der Waals surface area (Å²) >= 11 is 0. The number of para-hydroxylation sites is 1. The fourth-order valence-corrected chi connectivity index (χ4v) is 4.99. The van der Waals surface area contributed by atoms with Gasteiger partial charge < -0.3 is 0 Å². The van der Waals surface area contributed by atoms with Gasteiger partial charge in [-0.05, 0) is 29.7 Å². The maximum Gasteiger partial charge on any atom is 0.238 e. The number of hydrogen-bond acceptors (Lipinski definition) is 2. The van der Waals surface area contributed by atoms with Gasteiger partial charge in [0.15, 0.2) is 0 Å². The summed E-state index contributed by atoms with van der Waals surface area (Å²) in [7, 11) is 0. The molecule has 0 aromatic heterocycles. The summed E-state index contributed by atoms with van der Waals surface area (Å²) in [6.45, 7) is 1.94. The molecule has 2 amide bonds. The predicted octanol–water partition coefficient (Wildman–Crippen LogP) is 5.24. The van der Waals surface area contributed by atoms with Crippen LogP contribution in [0.4, 0.5) is 5.69 Å². The van der Waals surface area contributed by atoms with E-state index in [1.807, 2.05) is 91.9 Å². The van der Waals surface area contributed by atoms with Crippen LogP contribution in [-0.4, -0.2) is 11.8 Å². The van der Waals surface area contributed by atoms with Crippen LogP contribution in [-0.2, 0) is 9.59 Å². The van der Waals surface area contributed by atoms with Crippen LogP contribution in [0.3, 0.4) is 0 Å². The van der Waals surface area contributed by atoms with E-state index in [2.05, 4.69) is 12.2 Å². The van der Waals surface area contributed by atoms with Crippen molar-refractivity contribution in [3.05, 3.63) is 114 Å². The molecule has 0 bridgehead atoms. The number of allylic oxidation sites excluding steroid dienone is 2. The minimum absolute atomic E-state index is 0.0987. The summed E-state index contributed by atoms with van der Waals surface area (Å²) in [5.41, 5.74) is 3.77. The average Bonchev–Trinajstić information content (AvgIpc) is 3.06. The molecular weight excluding hydrogens is 370 g/mol. The van der Waals surface area contributed by atoms with E-state index in [1.54, 1.807) is 0 Å². The summed E-state index contributed by atoms with van der Waals surface area (Å²) in [4.78, 5) is 28.9. The Labute approximate surface area is 176 Å². The molecule has 2 aliphatic rings. The minimum Gasteiger partial charge on any atom is -0.274 e. The van der Waals surface area contributed by atoms with E-state index >= 15 is 0 Å². The zero-order chi connectivity index (χ0) is 20.7. The zero-order valence-corrected chi connectivity index (χ0v) is 16.8. The number of nitrogens with zero attached hydrogens (tertiary/aromatic N) is 1. The van der Waals surface area contributed by atoms with E-state index in [-0.39, 0.29) is 23.7 Å². The summed E-state index contributed by atoms with van der Waals surface area (Å²) in [6.07, 6.45) is 4.25. The number of aryl methyl sites for hydroxylation is 1. The third-order valence-corrected chi connectivity index (χ3v) is 6.42. The molecule has 5 rings (SSSR count). The van der Waals surface area contributed by atoms with Crippen molar-refractivity contribution < 1.29 is 9.59 Å². The molecule has 3 aromatic rings. The third-order valence-electron chi connectivity index (χ3n) is 6.42. The number of fused-ring (bicyclic) bond motifs is 1. The van der Waals surface area contributed by atoms with Crippen molar-refractivity contribution in [2.24, 2.45) is 11.8 Å². The molecule has 1 saturated heterocycles. The number of benzene rings is 3. The summed E-state index contributed by atoms with van der Waals surface area (Å²) in [5, 5.41) is 0. The van der Waals surface area contributed by atoms with E-state index in [0.717, 1.165) is 16.7 Å². The van der Waals surface area contributed by atoms with Crippen LogP contribution in [0.5, 0.6) is 0 Å². The van der Waals surface area contributed by atoms with Gasteiger partial charge in [-0.3, -0.25) is 9.59 Å². The highest BCUT2D eigenvalue weighted by atomic mass is 16.2. The van der Waals surface area contributed by atoms with Crippen LogP contribution < -0.4 is 4.90 Å². The van der Waals surface area contributed by atoms with Crippen LogP contribution >= 0.6 is 0 Å². The van der Waals surface area contributed by atoms with Crippen LogP contribution in [0, 0.1) is 18.8 Å². The van der Waals surface area contributed by atoms with Gasteiger partial charge in [-0.2, -0.15) is 0 Å². The van der Waals surface area contributed by atoms with Crippen LogP contribution in [0.1, 0.15) is 28.5 Å². The van der Waals surface area contributed by atoms with Gasteiger partial charge in [0, 0.05) is 11.8 Å². The molecule has 0 unspecified atom stereocenters. The summed E-state index contributed by atoms with van der Waals surface area (Å²) in [6, 6.07) is 27.7. The number of hydrogen-bond donors (Lipinski definition) is 0. The first kappa shape index (κ1) is 18.6. The molecule has 0 spiro atoms. The van der Waals surface area contributed by atoms with Gasteiger partial charge in [-0.15, -0.1) is 0 Å². The molecule has 3 nitrogen and oxygen atoms in total. The second kappa shape index (κ2) is 7.42. The van der Waals surface area contributed by atoms with E-state index in [4.69, 9.17) is 0 Å². The quantitative estimate of drug-likeness (QED) is 0.451. The SMILES string of the molecule is Cc1ccccc1N1C(=O)[C@@H]2[C@@H](C1=O)[C@H](c1ccccc1)C=C[C@@H]2c1ccccc1. The Balaban J connectivity index is 1.65. The first-order chi connectivity index (χ1) is 14.7. The molecule has 0 radical (unpaired) electrons. The smallest absolute Gasteiger partial charge is 0.238 e. The van der Waals surface area contributed by atoms with Crippen molar-refractivity contribution in [1.82, 2.24) is 0 Å². The second-order valence-electron chi connectivity index (χ2n) is 8.11. The van der Waals surface area contributed by atoms with Crippen molar-refractivity contribution in [3.63, 3.8) is 0 Å². The third kappa shape index (κ3) is 2.89. The maximum atomic E-state index is 13.7. The van der Waals surface area contributed by atoms with E-state index in [9.17, 15) is 9.59 Å². The molecule has 148 valence electrons. The van der Waals surface area contributed by atoms with Gasteiger partial charge in [-0.25, -0.2) is 4.90 Å². The molecule has 0 N–H and O–H groups in total. The normalized spacial score (nSPS) is 25.4. The van der Waals surface area contributed by atoms with Crippen molar-refractivity contribution >= 4 is 17.5 Å². The molecule has 1 aliphatic heterocycles. The minimum atomic E-state index is -0.408. The first-order valence-electron chi connectivity index (χ1n) is 10.4. The molecule has 3 heteroatoms. The molecule has 1 heterocycles. The highest BCUT2D eigenvalue weighted by molar-refractivity contribution is 6.23. The molecule has 1 fully saturated rings. The Morgan fingerprint density at radius 2 is 1.03 bits per heavy atom. The van der Waals surface area contributed by atoms with E-state index < -0.39 is 11.8 Å². The molecule has 4 atom stereocenters. The van der Waals surface area contributed by atoms with Gasteiger partial charge in [0.1, 0.15) is 0 Å². The largest absolute Gasteiger partial charge is 0.274 e. The Kier molecular flexibility index (Phi) is 4.59. The van der Waals surface area contributed by atoms with E-state index in [1.165, 1.54) is 4.90 Å². The fourth-order valence-electron chi connectivity index (χ4n) is 4.99. The van der Waals surface area contributed by atoms with Crippen LogP contribution in [0.25, 0.3) is 0 Å². The van der Waals surface area contributed by atoms with Gasteiger partial charge in [-0.1, -0.05) is 91.0 Å². The van der Waals surface area contributed by atoms with Crippen LogP contribution in [0.2, 0.25) is 0 Å². The van der Waals surface area contributed by atoms with E-state index in [0.29, 0.717) is 5.69 Å². The number of imide groups is 1. The second-order valence-corrected chi connectivity index (χ2v) is 8.11. The molecule has 30 heavy (non-hydrogen) atoms. The lowest BCUT2D eigenvalue weighted by molar-refractivity contribution is -0.122. The lowest BCUT2D eigenvalue weighted by atomic mass is 9.68. The topological polar surface area (TPSA) is 37.4 Å². The number of rotatable bonds is 3. The Hall–Kier alpha value is -3.46. The summed E-state index contributed by atoms with van der Waals surface area (Å²) < 4.78 is 0. The summed E-state index contributed by atoms with van der Waals surface area (Å²) in [5.74, 6) is -1.23. The Morgan fingerprint density at radius 3 is 1.50 bits per heavy atom. The number of amides is 2. The first-order valence-corrected chi connectivity index (χ1v) is 10.4. The molecule has 3 aromatic carbocycles.